The number of hydrogen-bond acceptors (Lipinski definition) is 3. The molecule has 0 bridgehead atoms. The fraction of sp³-hybridized carbons (Fsp3) is 0.650. The van der Waals surface area contributed by atoms with Crippen molar-refractivity contribution in [3.05, 3.63) is 29.8 Å². The number of rotatable bonds is 8. The number of nitrogens with zero attached hydrogens (tertiary/aromatic N) is 1. The number of benzene rings is 1. The molecular weight excluding hydrogens is 300 g/mol. The van der Waals surface area contributed by atoms with Crippen molar-refractivity contribution >= 4 is 11.6 Å². The van der Waals surface area contributed by atoms with Crippen molar-refractivity contribution < 1.29 is 9.53 Å². The molecule has 0 spiro atoms. The average Bonchev–Trinajstić information content (AvgIpc) is 3.32. The molecule has 4 nitrogen and oxygen atoms in total. The highest BCUT2D eigenvalue weighted by atomic mass is 16.5. The standard InChI is InChI=1S/C20H30N2O2/c1-3-15(2)17-4-6-18(7-5-17)21-20(23)13-22(19-8-9-19)12-16-10-11-24-14-16/h4-7,15-16,19H,3,8-14H2,1-2H3,(H,21,23). The predicted octanol–water partition coefficient (Wildman–Crippen LogP) is 3.64. The Bertz CT molecular complexity index is 533. The summed E-state index contributed by atoms with van der Waals surface area (Å²) >= 11 is 0. The quantitative estimate of drug-likeness (QED) is 0.791. The van der Waals surface area contributed by atoms with E-state index in [0.29, 0.717) is 24.4 Å². The van der Waals surface area contributed by atoms with Gasteiger partial charge in [-0.25, -0.2) is 0 Å². The van der Waals surface area contributed by atoms with Crippen LogP contribution in [-0.2, 0) is 9.53 Å². The number of ether oxygens (including phenoxy) is 1. The summed E-state index contributed by atoms with van der Waals surface area (Å²) in [5.74, 6) is 1.25. The Labute approximate surface area is 145 Å². The molecule has 4 heteroatoms. The molecule has 132 valence electrons. The van der Waals surface area contributed by atoms with Gasteiger partial charge < -0.3 is 10.1 Å². The van der Waals surface area contributed by atoms with Gasteiger partial charge in [0.05, 0.1) is 13.2 Å². The van der Waals surface area contributed by atoms with Gasteiger partial charge in [0.25, 0.3) is 0 Å². The maximum Gasteiger partial charge on any atom is 0.238 e. The minimum Gasteiger partial charge on any atom is -0.381 e. The van der Waals surface area contributed by atoms with Crippen molar-refractivity contribution in [1.29, 1.82) is 0 Å². The van der Waals surface area contributed by atoms with Gasteiger partial charge >= 0.3 is 0 Å². The highest BCUT2D eigenvalue weighted by Crippen LogP contribution is 2.29. The first kappa shape index (κ1) is 17.4. The van der Waals surface area contributed by atoms with E-state index >= 15 is 0 Å². The lowest BCUT2D eigenvalue weighted by atomic mass is 9.99. The molecule has 2 atom stereocenters. The van der Waals surface area contributed by atoms with Crippen molar-refractivity contribution in [2.75, 3.05) is 31.6 Å². The van der Waals surface area contributed by atoms with Crippen LogP contribution in [0, 0.1) is 5.92 Å². The molecule has 0 radical (unpaired) electrons. The van der Waals surface area contributed by atoms with E-state index in [1.165, 1.54) is 18.4 Å². The third-order valence-electron chi connectivity index (χ3n) is 5.30. The van der Waals surface area contributed by atoms with Gasteiger partial charge in [-0.15, -0.1) is 0 Å². The van der Waals surface area contributed by atoms with Crippen LogP contribution in [0.25, 0.3) is 0 Å². The first-order valence-corrected chi connectivity index (χ1v) is 9.37. The summed E-state index contributed by atoms with van der Waals surface area (Å²) in [4.78, 5) is 14.8. The Morgan fingerprint density at radius 1 is 1.29 bits per heavy atom. The van der Waals surface area contributed by atoms with E-state index in [2.05, 4.69) is 36.2 Å². The Hall–Kier alpha value is -1.39. The molecule has 1 amide bonds. The molecular formula is C20H30N2O2. The fourth-order valence-corrected chi connectivity index (χ4v) is 3.36. The smallest absolute Gasteiger partial charge is 0.238 e. The van der Waals surface area contributed by atoms with E-state index in [0.717, 1.165) is 38.3 Å². The molecule has 1 aliphatic heterocycles. The van der Waals surface area contributed by atoms with Crippen LogP contribution in [0.3, 0.4) is 0 Å². The monoisotopic (exact) mass is 330 g/mol. The highest BCUT2D eigenvalue weighted by molar-refractivity contribution is 5.92. The fourth-order valence-electron chi connectivity index (χ4n) is 3.36. The molecule has 1 aromatic carbocycles. The van der Waals surface area contributed by atoms with Crippen LogP contribution in [0.2, 0.25) is 0 Å². The highest BCUT2D eigenvalue weighted by Gasteiger charge is 2.32. The molecule has 3 rings (SSSR count). The molecule has 1 aromatic rings. The van der Waals surface area contributed by atoms with Gasteiger partial charge in [0.2, 0.25) is 5.91 Å². The van der Waals surface area contributed by atoms with E-state index in [4.69, 9.17) is 4.74 Å². The summed E-state index contributed by atoms with van der Waals surface area (Å²) in [6.45, 7) is 7.63. The van der Waals surface area contributed by atoms with Crippen LogP contribution >= 0.6 is 0 Å². The number of hydrogen-bond donors (Lipinski definition) is 1. The SMILES string of the molecule is CCC(C)c1ccc(NC(=O)CN(CC2CCOC2)C2CC2)cc1. The zero-order chi connectivity index (χ0) is 16.9. The second-order valence-electron chi connectivity index (χ2n) is 7.37. The van der Waals surface area contributed by atoms with Crippen LogP contribution in [0.1, 0.15) is 51.0 Å². The molecule has 1 aliphatic carbocycles. The third kappa shape index (κ3) is 4.81. The predicted molar refractivity (Wildman–Crippen MR) is 97.3 cm³/mol. The Kier molecular flexibility index (Phi) is 5.90. The molecule has 2 fully saturated rings. The minimum atomic E-state index is 0.0945. The van der Waals surface area contributed by atoms with Crippen LogP contribution < -0.4 is 5.32 Å². The van der Waals surface area contributed by atoms with Crippen molar-refractivity contribution in [2.45, 2.75) is 51.5 Å². The molecule has 1 saturated carbocycles. The molecule has 0 aromatic heterocycles. The normalized spacial score (nSPS) is 21.9. The topological polar surface area (TPSA) is 41.6 Å². The van der Waals surface area contributed by atoms with Crippen molar-refractivity contribution in [1.82, 2.24) is 4.90 Å². The Morgan fingerprint density at radius 3 is 2.62 bits per heavy atom. The van der Waals surface area contributed by atoms with E-state index < -0.39 is 0 Å². The maximum absolute atomic E-state index is 12.4. The van der Waals surface area contributed by atoms with Gasteiger partial charge in [-0.2, -0.15) is 0 Å². The van der Waals surface area contributed by atoms with Gasteiger partial charge in [-0.3, -0.25) is 9.69 Å². The molecule has 1 N–H and O–H groups in total. The number of anilines is 1. The zero-order valence-electron chi connectivity index (χ0n) is 15.0. The van der Waals surface area contributed by atoms with Crippen LogP contribution in [0.4, 0.5) is 5.69 Å². The van der Waals surface area contributed by atoms with Gasteiger partial charge in [-0.1, -0.05) is 26.0 Å². The van der Waals surface area contributed by atoms with Crippen LogP contribution in [0.15, 0.2) is 24.3 Å². The summed E-state index contributed by atoms with van der Waals surface area (Å²) in [7, 11) is 0. The molecule has 2 aliphatic rings. The Morgan fingerprint density at radius 2 is 2.04 bits per heavy atom. The number of nitrogens with one attached hydrogen (secondary N) is 1. The van der Waals surface area contributed by atoms with E-state index in [1.54, 1.807) is 0 Å². The number of carbonyl (C=O) groups is 1. The van der Waals surface area contributed by atoms with E-state index in [9.17, 15) is 4.79 Å². The molecule has 2 unspecified atom stereocenters. The largest absolute Gasteiger partial charge is 0.381 e. The Balaban J connectivity index is 1.51. The lowest BCUT2D eigenvalue weighted by Crippen LogP contribution is -2.38. The van der Waals surface area contributed by atoms with Gasteiger partial charge in [-0.05, 0) is 55.2 Å². The molecule has 1 heterocycles. The maximum atomic E-state index is 12.4. The first-order chi connectivity index (χ1) is 11.7. The second kappa shape index (κ2) is 8.13. The van der Waals surface area contributed by atoms with Crippen molar-refractivity contribution in [2.24, 2.45) is 5.92 Å². The number of amides is 1. The van der Waals surface area contributed by atoms with Gasteiger partial charge in [0.15, 0.2) is 0 Å². The molecule has 24 heavy (non-hydrogen) atoms. The lowest BCUT2D eigenvalue weighted by molar-refractivity contribution is -0.117. The zero-order valence-corrected chi connectivity index (χ0v) is 15.0. The van der Waals surface area contributed by atoms with E-state index in [-0.39, 0.29) is 5.91 Å². The summed E-state index contributed by atoms with van der Waals surface area (Å²) in [5.41, 5.74) is 2.23. The second-order valence-corrected chi connectivity index (χ2v) is 7.37. The summed E-state index contributed by atoms with van der Waals surface area (Å²) in [6.07, 6.45) is 4.71. The third-order valence-corrected chi connectivity index (χ3v) is 5.30. The van der Waals surface area contributed by atoms with Gasteiger partial charge in [0, 0.05) is 24.9 Å². The van der Waals surface area contributed by atoms with Crippen LogP contribution in [0.5, 0.6) is 0 Å². The lowest BCUT2D eigenvalue weighted by Gasteiger charge is -2.24. The molecule has 1 saturated heterocycles. The van der Waals surface area contributed by atoms with Crippen molar-refractivity contribution in [3.63, 3.8) is 0 Å². The van der Waals surface area contributed by atoms with E-state index in [1.807, 2.05) is 12.1 Å². The van der Waals surface area contributed by atoms with Crippen molar-refractivity contribution in [3.8, 4) is 0 Å². The summed E-state index contributed by atoms with van der Waals surface area (Å²) in [5, 5.41) is 3.05. The van der Waals surface area contributed by atoms with Gasteiger partial charge in [0.1, 0.15) is 0 Å². The summed E-state index contributed by atoms with van der Waals surface area (Å²) in [6, 6.07) is 8.89. The van der Waals surface area contributed by atoms with Crippen LogP contribution in [-0.4, -0.2) is 43.2 Å². The summed E-state index contributed by atoms with van der Waals surface area (Å²) < 4.78 is 5.47. The minimum absolute atomic E-state index is 0.0945. The first-order valence-electron chi connectivity index (χ1n) is 9.37. The number of carbonyl (C=O) groups excluding carboxylic acids is 1. The average molecular weight is 330 g/mol.